The number of sulfonamides is 1. The number of nitrogens with two attached hydrogens (primary N) is 1. The van der Waals surface area contributed by atoms with E-state index in [9.17, 15) is 8.42 Å². The molecule has 6 nitrogen and oxygen atoms in total. The van der Waals surface area contributed by atoms with E-state index >= 15 is 0 Å². The Morgan fingerprint density at radius 1 is 1.44 bits per heavy atom. The van der Waals surface area contributed by atoms with Crippen molar-refractivity contribution >= 4 is 10.0 Å². The van der Waals surface area contributed by atoms with E-state index < -0.39 is 15.6 Å². The molecule has 0 radical (unpaired) electrons. The van der Waals surface area contributed by atoms with Crippen LogP contribution in [0.25, 0.3) is 0 Å². The summed E-state index contributed by atoms with van der Waals surface area (Å²) in [5.74, 6) is 0. The second-order valence-electron chi connectivity index (χ2n) is 5.89. The van der Waals surface area contributed by atoms with Gasteiger partial charge in [-0.1, -0.05) is 0 Å². The summed E-state index contributed by atoms with van der Waals surface area (Å²) >= 11 is 0. The minimum absolute atomic E-state index is 0.0111. The van der Waals surface area contributed by atoms with E-state index in [-0.39, 0.29) is 16.5 Å². The van der Waals surface area contributed by atoms with Gasteiger partial charge in [0, 0.05) is 12.6 Å². The summed E-state index contributed by atoms with van der Waals surface area (Å²) in [7, 11) is -3.70. The minimum Gasteiger partial charge on any atom is -0.367 e. The van der Waals surface area contributed by atoms with Gasteiger partial charge in [-0.05, 0) is 27.7 Å². The standard InChI is InChI=1S/C11H19N3O3S/c1-10(2)5-9(11(3,4)17-10)14-7-8(6-13-14)18(12,15)16/h6-7,9H,5H2,1-4H3,(H2,12,15,16). The van der Waals surface area contributed by atoms with Crippen LogP contribution in [0.1, 0.15) is 40.2 Å². The molecule has 0 spiro atoms. The van der Waals surface area contributed by atoms with Crippen LogP contribution in [0.2, 0.25) is 0 Å². The SMILES string of the molecule is CC1(C)CC(n2cc(S(N)(=O)=O)cn2)C(C)(C)O1. The van der Waals surface area contributed by atoms with Gasteiger partial charge in [0.1, 0.15) is 4.90 Å². The minimum atomic E-state index is -3.70. The van der Waals surface area contributed by atoms with Gasteiger partial charge in [-0.3, -0.25) is 4.68 Å². The topological polar surface area (TPSA) is 87.2 Å². The molecule has 1 aromatic rings. The van der Waals surface area contributed by atoms with Crippen LogP contribution in [-0.2, 0) is 14.8 Å². The maximum Gasteiger partial charge on any atom is 0.241 e. The molecule has 0 bridgehead atoms. The lowest BCUT2D eigenvalue weighted by Gasteiger charge is -2.27. The number of nitrogens with zero attached hydrogens (tertiary/aromatic N) is 2. The highest BCUT2D eigenvalue weighted by Crippen LogP contribution is 2.44. The maximum atomic E-state index is 11.2. The highest BCUT2D eigenvalue weighted by molar-refractivity contribution is 7.89. The van der Waals surface area contributed by atoms with Gasteiger partial charge in [0.2, 0.25) is 10.0 Å². The molecule has 1 aliphatic heterocycles. The lowest BCUT2D eigenvalue weighted by Crippen LogP contribution is -2.31. The van der Waals surface area contributed by atoms with Gasteiger partial charge in [0.25, 0.3) is 0 Å². The number of rotatable bonds is 2. The Bertz CT molecular complexity index is 560. The molecule has 2 heterocycles. The maximum absolute atomic E-state index is 11.2. The summed E-state index contributed by atoms with van der Waals surface area (Å²) in [6, 6.07) is -0.0111. The van der Waals surface area contributed by atoms with Crippen molar-refractivity contribution in [1.29, 1.82) is 0 Å². The quantitative estimate of drug-likeness (QED) is 0.872. The first kappa shape index (κ1) is 13.5. The summed E-state index contributed by atoms with van der Waals surface area (Å²) < 4.78 is 30.1. The van der Waals surface area contributed by atoms with Crippen molar-refractivity contribution in [2.45, 2.75) is 56.3 Å². The molecule has 1 saturated heterocycles. The Kier molecular flexibility index (Phi) is 2.84. The first-order valence-corrected chi connectivity index (χ1v) is 7.33. The number of hydrogen-bond acceptors (Lipinski definition) is 4. The fraction of sp³-hybridized carbons (Fsp3) is 0.727. The molecule has 7 heteroatoms. The third kappa shape index (κ3) is 2.43. The van der Waals surface area contributed by atoms with Crippen molar-refractivity contribution in [1.82, 2.24) is 9.78 Å². The highest BCUT2D eigenvalue weighted by Gasteiger charge is 2.47. The van der Waals surface area contributed by atoms with Crippen molar-refractivity contribution in [2.24, 2.45) is 5.14 Å². The molecule has 1 aliphatic rings. The van der Waals surface area contributed by atoms with E-state index in [4.69, 9.17) is 9.88 Å². The summed E-state index contributed by atoms with van der Waals surface area (Å²) in [4.78, 5) is 0.0306. The van der Waals surface area contributed by atoms with Crippen molar-refractivity contribution in [2.75, 3.05) is 0 Å². The van der Waals surface area contributed by atoms with E-state index in [1.54, 1.807) is 4.68 Å². The van der Waals surface area contributed by atoms with Gasteiger partial charge in [-0.25, -0.2) is 13.6 Å². The third-order valence-corrected chi connectivity index (χ3v) is 4.12. The van der Waals surface area contributed by atoms with Crippen molar-refractivity contribution in [3.63, 3.8) is 0 Å². The molecule has 0 aromatic carbocycles. The summed E-state index contributed by atoms with van der Waals surface area (Å²) in [6.07, 6.45) is 3.51. The number of primary sulfonamides is 1. The van der Waals surface area contributed by atoms with Crippen LogP contribution in [-0.4, -0.2) is 29.4 Å². The molecule has 0 saturated carbocycles. The Labute approximate surface area is 107 Å². The molecule has 1 atom stereocenters. The molecular weight excluding hydrogens is 254 g/mol. The zero-order valence-electron chi connectivity index (χ0n) is 11.0. The summed E-state index contributed by atoms with van der Waals surface area (Å²) in [5.41, 5.74) is -0.646. The molecule has 0 amide bonds. The molecule has 1 fully saturated rings. The van der Waals surface area contributed by atoms with Crippen molar-refractivity contribution in [3.05, 3.63) is 12.4 Å². The van der Waals surface area contributed by atoms with E-state index in [1.165, 1.54) is 12.4 Å². The molecule has 102 valence electrons. The zero-order chi connectivity index (χ0) is 13.8. The Hall–Kier alpha value is -0.920. The van der Waals surface area contributed by atoms with Gasteiger partial charge in [-0.2, -0.15) is 5.10 Å². The second-order valence-corrected chi connectivity index (χ2v) is 7.45. The van der Waals surface area contributed by atoms with Gasteiger partial charge in [0.05, 0.1) is 23.4 Å². The Balaban J connectivity index is 2.36. The lowest BCUT2D eigenvalue weighted by atomic mass is 9.95. The van der Waals surface area contributed by atoms with Crippen LogP contribution in [0, 0.1) is 0 Å². The van der Waals surface area contributed by atoms with Gasteiger partial charge >= 0.3 is 0 Å². The monoisotopic (exact) mass is 273 g/mol. The third-order valence-electron chi connectivity index (χ3n) is 3.25. The van der Waals surface area contributed by atoms with Crippen LogP contribution in [0.15, 0.2) is 17.3 Å². The molecule has 18 heavy (non-hydrogen) atoms. The molecular formula is C11H19N3O3S. The summed E-state index contributed by atoms with van der Waals surface area (Å²) in [5, 5.41) is 9.18. The molecule has 0 aliphatic carbocycles. The largest absolute Gasteiger partial charge is 0.367 e. The van der Waals surface area contributed by atoms with Gasteiger partial charge in [0.15, 0.2) is 0 Å². The number of hydrogen-bond donors (Lipinski definition) is 1. The van der Waals surface area contributed by atoms with E-state index in [0.29, 0.717) is 0 Å². The average Bonchev–Trinajstić information content (AvgIpc) is 2.65. The predicted molar refractivity (Wildman–Crippen MR) is 66.5 cm³/mol. The van der Waals surface area contributed by atoms with Gasteiger partial charge in [-0.15, -0.1) is 0 Å². The van der Waals surface area contributed by atoms with E-state index in [1.807, 2.05) is 27.7 Å². The number of ether oxygens (including phenoxy) is 1. The van der Waals surface area contributed by atoms with E-state index in [2.05, 4.69) is 5.10 Å². The molecule has 1 aromatic heterocycles. The number of aromatic nitrogens is 2. The molecule has 2 N–H and O–H groups in total. The lowest BCUT2D eigenvalue weighted by molar-refractivity contribution is -0.0737. The fourth-order valence-electron chi connectivity index (χ4n) is 2.58. The second kappa shape index (κ2) is 3.79. The fourth-order valence-corrected chi connectivity index (χ4v) is 3.03. The zero-order valence-corrected chi connectivity index (χ0v) is 11.9. The predicted octanol–water partition coefficient (Wildman–Crippen LogP) is 1.05. The molecule has 2 rings (SSSR count). The summed E-state index contributed by atoms with van der Waals surface area (Å²) in [6.45, 7) is 7.98. The van der Waals surface area contributed by atoms with Crippen LogP contribution in [0.5, 0.6) is 0 Å². The van der Waals surface area contributed by atoms with E-state index in [0.717, 1.165) is 6.42 Å². The van der Waals surface area contributed by atoms with Crippen molar-refractivity contribution in [3.8, 4) is 0 Å². The van der Waals surface area contributed by atoms with Crippen LogP contribution < -0.4 is 5.14 Å². The smallest absolute Gasteiger partial charge is 0.241 e. The van der Waals surface area contributed by atoms with Gasteiger partial charge < -0.3 is 4.74 Å². The normalized spacial score (nSPS) is 26.4. The van der Waals surface area contributed by atoms with Crippen LogP contribution in [0.3, 0.4) is 0 Å². The van der Waals surface area contributed by atoms with Crippen LogP contribution >= 0.6 is 0 Å². The Morgan fingerprint density at radius 3 is 2.44 bits per heavy atom. The first-order chi connectivity index (χ1) is 8.01. The highest BCUT2D eigenvalue weighted by atomic mass is 32.2. The average molecular weight is 273 g/mol. The first-order valence-electron chi connectivity index (χ1n) is 5.78. The van der Waals surface area contributed by atoms with Crippen LogP contribution in [0.4, 0.5) is 0 Å². The molecule has 1 unspecified atom stereocenters. The Morgan fingerprint density at radius 2 is 2.06 bits per heavy atom. The van der Waals surface area contributed by atoms with Crippen molar-refractivity contribution < 1.29 is 13.2 Å².